The summed E-state index contributed by atoms with van der Waals surface area (Å²) >= 11 is 0. The van der Waals surface area contributed by atoms with E-state index >= 15 is 0 Å². The molecule has 8 nitrogen and oxygen atoms in total. The van der Waals surface area contributed by atoms with E-state index in [1.165, 1.54) is 22.6 Å². The molecule has 0 unspecified atom stereocenters. The molecule has 0 aromatic heterocycles. The third-order valence-corrected chi connectivity index (χ3v) is 4.77. The van der Waals surface area contributed by atoms with E-state index in [9.17, 15) is 18.0 Å². The Bertz CT molecular complexity index is 556. The predicted molar refractivity (Wildman–Crippen MR) is 83.8 cm³/mol. The third kappa shape index (κ3) is 5.38. The molecular weight excluding hydrogens is 308 g/mol. The Kier molecular flexibility index (Phi) is 6.48. The highest BCUT2D eigenvalue weighted by atomic mass is 32.2. The summed E-state index contributed by atoms with van der Waals surface area (Å²) in [5.74, 6) is -0.424. The number of nitrogens with one attached hydrogen (secondary N) is 1. The van der Waals surface area contributed by atoms with Crippen molar-refractivity contribution < 1.29 is 18.0 Å². The lowest BCUT2D eigenvalue weighted by atomic mass is 10.1. The van der Waals surface area contributed by atoms with E-state index in [1.807, 2.05) is 13.8 Å². The summed E-state index contributed by atoms with van der Waals surface area (Å²) in [5, 5.41) is 7.80. The monoisotopic (exact) mass is 332 g/mol. The fourth-order valence-corrected chi connectivity index (χ4v) is 3.41. The lowest BCUT2D eigenvalue weighted by Gasteiger charge is -2.24. The molecule has 0 saturated heterocycles. The molecule has 126 valence electrons. The average Bonchev–Trinajstić information content (AvgIpc) is 2.39. The molecule has 0 aromatic rings. The van der Waals surface area contributed by atoms with Crippen LogP contribution < -0.4 is 5.32 Å². The van der Waals surface area contributed by atoms with Crippen LogP contribution in [0.15, 0.2) is 5.10 Å². The van der Waals surface area contributed by atoms with Gasteiger partial charge in [-0.2, -0.15) is 9.41 Å². The topological polar surface area (TPSA) is 99.2 Å². The first-order chi connectivity index (χ1) is 10.1. The van der Waals surface area contributed by atoms with Crippen molar-refractivity contribution in [3.05, 3.63) is 0 Å². The van der Waals surface area contributed by atoms with Gasteiger partial charge in [-0.25, -0.2) is 13.4 Å². The first kappa shape index (κ1) is 18.6. The van der Waals surface area contributed by atoms with E-state index in [-0.39, 0.29) is 24.3 Å². The Labute approximate surface area is 131 Å². The minimum atomic E-state index is -3.25. The molecule has 1 heterocycles. The SMILES string of the molecule is CC(C)N(CCCNC(=O)C1=NN(C)C(=O)CC1)S(C)(=O)=O. The molecule has 22 heavy (non-hydrogen) atoms. The van der Waals surface area contributed by atoms with Crippen LogP contribution in [0.1, 0.15) is 33.1 Å². The maximum Gasteiger partial charge on any atom is 0.267 e. The second-order valence-corrected chi connectivity index (χ2v) is 7.48. The Morgan fingerprint density at radius 2 is 2.05 bits per heavy atom. The zero-order valence-corrected chi connectivity index (χ0v) is 14.3. The van der Waals surface area contributed by atoms with E-state index in [4.69, 9.17) is 0 Å². The van der Waals surface area contributed by atoms with Gasteiger partial charge in [0.25, 0.3) is 5.91 Å². The molecule has 0 bridgehead atoms. The highest BCUT2D eigenvalue weighted by Gasteiger charge is 2.22. The summed E-state index contributed by atoms with van der Waals surface area (Å²) in [6.45, 7) is 4.32. The number of rotatable bonds is 7. The standard InChI is InChI=1S/C13H24N4O4S/c1-10(2)17(22(4,20)21)9-5-8-14-13(19)11-6-7-12(18)16(3)15-11/h10H,5-9H2,1-4H3,(H,14,19). The molecule has 0 aromatic carbocycles. The Balaban J connectivity index is 2.43. The molecule has 0 spiro atoms. The third-order valence-electron chi connectivity index (χ3n) is 3.31. The van der Waals surface area contributed by atoms with Crippen LogP contribution in [-0.2, 0) is 19.6 Å². The van der Waals surface area contributed by atoms with Gasteiger partial charge < -0.3 is 5.32 Å². The number of nitrogens with zero attached hydrogens (tertiary/aromatic N) is 3. The summed E-state index contributed by atoms with van der Waals surface area (Å²) in [5.41, 5.74) is 0.325. The second kappa shape index (κ2) is 7.68. The van der Waals surface area contributed by atoms with E-state index in [1.54, 1.807) is 0 Å². The van der Waals surface area contributed by atoms with Crippen molar-refractivity contribution in [1.82, 2.24) is 14.6 Å². The molecule has 0 saturated carbocycles. The van der Waals surface area contributed by atoms with Crippen molar-refractivity contribution >= 4 is 27.5 Å². The van der Waals surface area contributed by atoms with Gasteiger partial charge in [0.1, 0.15) is 5.71 Å². The van der Waals surface area contributed by atoms with Crippen molar-refractivity contribution in [2.45, 2.75) is 39.2 Å². The number of hydrogen-bond acceptors (Lipinski definition) is 5. The molecule has 2 amide bonds. The van der Waals surface area contributed by atoms with Crippen molar-refractivity contribution in [2.75, 3.05) is 26.4 Å². The summed E-state index contributed by atoms with van der Waals surface area (Å²) in [7, 11) is -1.73. The molecule has 9 heteroatoms. The highest BCUT2D eigenvalue weighted by Crippen LogP contribution is 2.07. The summed E-state index contributed by atoms with van der Waals surface area (Å²) in [6.07, 6.45) is 2.29. The highest BCUT2D eigenvalue weighted by molar-refractivity contribution is 7.88. The summed E-state index contributed by atoms with van der Waals surface area (Å²) in [4.78, 5) is 23.2. The van der Waals surface area contributed by atoms with Gasteiger partial charge in [-0.15, -0.1) is 0 Å². The van der Waals surface area contributed by atoms with Gasteiger partial charge in [0.15, 0.2) is 0 Å². The van der Waals surface area contributed by atoms with Gasteiger partial charge >= 0.3 is 0 Å². The lowest BCUT2D eigenvalue weighted by Crippen LogP contribution is -2.40. The smallest absolute Gasteiger partial charge is 0.267 e. The number of amides is 2. The van der Waals surface area contributed by atoms with Crippen molar-refractivity contribution in [1.29, 1.82) is 0 Å². The lowest BCUT2D eigenvalue weighted by molar-refractivity contribution is -0.130. The predicted octanol–water partition coefficient (Wildman–Crippen LogP) is -0.229. The van der Waals surface area contributed by atoms with Crippen LogP contribution >= 0.6 is 0 Å². The quantitative estimate of drug-likeness (QED) is 0.651. The number of hydrogen-bond donors (Lipinski definition) is 1. The van der Waals surface area contributed by atoms with E-state index < -0.39 is 10.0 Å². The first-order valence-electron chi connectivity index (χ1n) is 7.22. The first-order valence-corrected chi connectivity index (χ1v) is 9.06. The molecule has 0 radical (unpaired) electrons. The molecule has 1 aliphatic heterocycles. The molecular formula is C13H24N4O4S. The van der Waals surface area contributed by atoms with Crippen molar-refractivity contribution in [3.63, 3.8) is 0 Å². The van der Waals surface area contributed by atoms with Gasteiger partial charge in [0.05, 0.1) is 6.26 Å². The maximum absolute atomic E-state index is 11.9. The minimum Gasteiger partial charge on any atom is -0.351 e. The van der Waals surface area contributed by atoms with Crippen LogP contribution in [0.2, 0.25) is 0 Å². The zero-order chi connectivity index (χ0) is 16.9. The number of hydrazone groups is 1. The average molecular weight is 332 g/mol. The van der Waals surface area contributed by atoms with Crippen molar-refractivity contribution in [3.8, 4) is 0 Å². The normalized spacial score (nSPS) is 16.2. The molecule has 0 aliphatic carbocycles. The number of carbonyl (C=O) groups is 2. The second-order valence-electron chi connectivity index (χ2n) is 5.54. The fourth-order valence-electron chi connectivity index (χ4n) is 2.18. The van der Waals surface area contributed by atoms with Gasteiger partial charge in [-0.3, -0.25) is 9.59 Å². The van der Waals surface area contributed by atoms with Gasteiger partial charge in [0, 0.05) is 39.0 Å². The number of carbonyl (C=O) groups excluding carboxylic acids is 2. The molecule has 1 rings (SSSR count). The Hall–Kier alpha value is -1.48. The maximum atomic E-state index is 11.9. The van der Waals surface area contributed by atoms with Crippen LogP contribution in [0.25, 0.3) is 0 Å². The summed E-state index contributed by atoms with van der Waals surface area (Å²) in [6, 6.07) is -0.118. The van der Waals surface area contributed by atoms with Crippen LogP contribution in [0.5, 0.6) is 0 Å². The summed E-state index contributed by atoms with van der Waals surface area (Å²) < 4.78 is 24.6. The fraction of sp³-hybridized carbons (Fsp3) is 0.769. The van der Waals surface area contributed by atoms with Crippen LogP contribution in [0.3, 0.4) is 0 Å². The molecule has 1 aliphatic rings. The van der Waals surface area contributed by atoms with E-state index in [2.05, 4.69) is 10.4 Å². The molecule has 0 fully saturated rings. The van der Waals surface area contributed by atoms with E-state index in [0.29, 0.717) is 31.6 Å². The Morgan fingerprint density at radius 3 is 2.55 bits per heavy atom. The Morgan fingerprint density at radius 1 is 1.41 bits per heavy atom. The van der Waals surface area contributed by atoms with Gasteiger partial charge in [-0.05, 0) is 20.3 Å². The molecule has 1 N–H and O–H groups in total. The largest absolute Gasteiger partial charge is 0.351 e. The van der Waals surface area contributed by atoms with Crippen LogP contribution in [-0.4, -0.2) is 67.7 Å². The molecule has 0 atom stereocenters. The van der Waals surface area contributed by atoms with Crippen LogP contribution in [0.4, 0.5) is 0 Å². The van der Waals surface area contributed by atoms with E-state index in [0.717, 1.165) is 0 Å². The van der Waals surface area contributed by atoms with Gasteiger partial charge in [0.2, 0.25) is 15.9 Å². The minimum absolute atomic E-state index is 0.114. The van der Waals surface area contributed by atoms with Crippen LogP contribution in [0, 0.1) is 0 Å². The van der Waals surface area contributed by atoms with Gasteiger partial charge in [-0.1, -0.05) is 0 Å². The number of sulfonamides is 1. The zero-order valence-electron chi connectivity index (χ0n) is 13.5. The van der Waals surface area contributed by atoms with Crippen molar-refractivity contribution in [2.24, 2.45) is 5.10 Å².